The highest BCUT2D eigenvalue weighted by atomic mass is 16.7. The summed E-state index contributed by atoms with van der Waals surface area (Å²) in [5, 5.41) is 11.6. The van der Waals surface area contributed by atoms with Crippen LogP contribution in [-0.2, 0) is 9.47 Å². The molecule has 1 saturated heterocycles. The van der Waals surface area contributed by atoms with Gasteiger partial charge in [-0.05, 0) is 37.8 Å². The Labute approximate surface area is 140 Å². The lowest BCUT2D eigenvalue weighted by Gasteiger charge is -2.24. The Bertz CT molecular complexity index is 642. The first kappa shape index (κ1) is 16.7. The molecule has 2 fully saturated rings. The number of hydrogen-bond donors (Lipinski definition) is 0. The summed E-state index contributed by atoms with van der Waals surface area (Å²) in [4.78, 5) is 24.7. The van der Waals surface area contributed by atoms with Gasteiger partial charge in [-0.3, -0.25) is 15.0 Å². The second-order valence-electron chi connectivity index (χ2n) is 6.43. The quantitative estimate of drug-likeness (QED) is 0.615. The second-order valence-corrected chi connectivity index (χ2v) is 6.43. The molecule has 0 spiro atoms. The number of methoxy groups -OCH3 is 1. The first-order valence-corrected chi connectivity index (χ1v) is 8.34. The van der Waals surface area contributed by atoms with E-state index in [-0.39, 0.29) is 22.6 Å². The number of nitro benzene ring substituents is 1. The molecule has 1 aromatic carbocycles. The number of anilines is 1. The molecular weight excluding hydrogens is 312 g/mol. The van der Waals surface area contributed by atoms with Gasteiger partial charge in [-0.25, -0.2) is 4.79 Å². The summed E-state index contributed by atoms with van der Waals surface area (Å²) in [6.07, 6.45) is 4.15. The van der Waals surface area contributed by atoms with Gasteiger partial charge in [0.15, 0.2) is 0 Å². The zero-order chi connectivity index (χ0) is 17.3. The van der Waals surface area contributed by atoms with E-state index >= 15 is 0 Å². The van der Waals surface area contributed by atoms with E-state index in [9.17, 15) is 14.9 Å². The van der Waals surface area contributed by atoms with Crippen LogP contribution in [0.15, 0.2) is 18.2 Å². The molecule has 1 aliphatic heterocycles. The number of rotatable bonds is 4. The standard InChI is InChI=1S/C17H22N2O5/c1-11-16(23-2)24-17(20)18(11)13-8-9-14(15(10-13)19(21)22)12-6-4-3-5-7-12/h8-12,16H,3-7H2,1-2H3. The van der Waals surface area contributed by atoms with Crippen LogP contribution < -0.4 is 4.90 Å². The van der Waals surface area contributed by atoms with Crippen LogP contribution in [0.5, 0.6) is 0 Å². The van der Waals surface area contributed by atoms with Gasteiger partial charge in [0, 0.05) is 18.7 Å². The second kappa shape index (κ2) is 6.76. The van der Waals surface area contributed by atoms with Crippen molar-refractivity contribution in [2.24, 2.45) is 0 Å². The SMILES string of the molecule is COC1OC(=O)N(c2ccc(C3CCCCC3)c([N+](=O)[O-])c2)C1C. The topological polar surface area (TPSA) is 81.9 Å². The molecule has 24 heavy (non-hydrogen) atoms. The molecule has 1 aliphatic carbocycles. The third-order valence-corrected chi connectivity index (χ3v) is 4.98. The van der Waals surface area contributed by atoms with E-state index in [2.05, 4.69) is 0 Å². The minimum atomic E-state index is -0.672. The van der Waals surface area contributed by atoms with Crippen LogP contribution in [0.1, 0.15) is 50.5 Å². The van der Waals surface area contributed by atoms with Crippen molar-refractivity contribution in [3.05, 3.63) is 33.9 Å². The summed E-state index contributed by atoms with van der Waals surface area (Å²) in [7, 11) is 1.46. The van der Waals surface area contributed by atoms with Gasteiger partial charge in [0.2, 0.25) is 6.29 Å². The number of benzene rings is 1. The maximum Gasteiger partial charge on any atom is 0.417 e. The van der Waals surface area contributed by atoms with Gasteiger partial charge >= 0.3 is 6.09 Å². The largest absolute Gasteiger partial charge is 0.417 e. The Kier molecular flexibility index (Phi) is 4.71. The third kappa shape index (κ3) is 2.96. The molecule has 1 aromatic rings. The van der Waals surface area contributed by atoms with Gasteiger partial charge in [-0.15, -0.1) is 0 Å². The molecule has 1 saturated carbocycles. The highest BCUT2D eigenvalue weighted by Gasteiger charge is 2.40. The van der Waals surface area contributed by atoms with Crippen LogP contribution in [0.4, 0.5) is 16.2 Å². The Morgan fingerprint density at radius 1 is 1.29 bits per heavy atom. The number of amides is 1. The van der Waals surface area contributed by atoms with Gasteiger partial charge in [0.1, 0.15) is 6.04 Å². The molecule has 0 N–H and O–H groups in total. The van der Waals surface area contributed by atoms with E-state index in [0.29, 0.717) is 5.69 Å². The van der Waals surface area contributed by atoms with Crippen molar-refractivity contribution in [2.45, 2.75) is 57.3 Å². The van der Waals surface area contributed by atoms with Crippen molar-refractivity contribution in [2.75, 3.05) is 12.0 Å². The smallest absolute Gasteiger partial charge is 0.417 e. The Hall–Kier alpha value is -2.15. The molecule has 0 aromatic heterocycles. The van der Waals surface area contributed by atoms with Crippen LogP contribution in [0.25, 0.3) is 0 Å². The van der Waals surface area contributed by atoms with Crippen LogP contribution >= 0.6 is 0 Å². The molecular formula is C17H22N2O5. The van der Waals surface area contributed by atoms with E-state index in [1.165, 1.54) is 24.5 Å². The summed E-state index contributed by atoms with van der Waals surface area (Å²) in [6, 6.07) is 4.71. The lowest BCUT2D eigenvalue weighted by atomic mass is 9.83. The molecule has 7 nitrogen and oxygen atoms in total. The fraction of sp³-hybridized carbons (Fsp3) is 0.588. The monoisotopic (exact) mass is 334 g/mol. The summed E-state index contributed by atoms with van der Waals surface area (Å²) >= 11 is 0. The van der Waals surface area contributed by atoms with Gasteiger partial charge in [-0.2, -0.15) is 0 Å². The van der Waals surface area contributed by atoms with Crippen LogP contribution in [0, 0.1) is 10.1 Å². The molecule has 130 valence electrons. The highest BCUT2D eigenvalue weighted by molar-refractivity contribution is 5.91. The van der Waals surface area contributed by atoms with E-state index in [1.807, 2.05) is 0 Å². The number of hydrogen-bond acceptors (Lipinski definition) is 5. The third-order valence-electron chi connectivity index (χ3n) is 4.98. The number of nitro groups is 1. The maximum absolute atomic E-state index is 12.1. The number of ether oxygens (including phenoxy) is 2. The van der Waals surface area contributed by atoms with Crippen molar-refractivity contribution >= 4 is 17.5 Å². The zero-order valence-corrected chi connectivity index (χ0v) is 13.9. The van der Waals surface area contributed by atoms with Gasteiger partial charge in [0.25, 0.3) is 5.69 Å². The fourth-order valence-corrected chi connectivity index (χ4v) is 3.73. The predicted octanol–water partition coefficient (Wildman–Crippen LogP) is 3.96. The molecule has 1 amide bonds. The molecule has 1 heterocycles. The molecule has 7 heteroatoms. The van der Waals surface area contributed by atoms with Crippen molar-refractivity contribution in [1.29, 1.82) is 0 Å². The van der Waals surface area contributed by atoms with E-state index in [0.717, 1.165) is 31.2 Å². The van der Waals surface area contributed by atoms with E-state index in [4.69, 9.17) is 9.47 Å². The highest BCUT2D eigenvalue weighted by Crippen LogP contribution is 2.40. The first-order valence-electron chi connectivity index (χ1n) is 8.34. The van der Waals surface area contributed by atoms with Crippen LogP contribution in [-0.4, -0.2) is 30.5 Å². The lowest BCUT2D eigenvalue weighted by Crippen LogP contribution is -2.34. The molecule has 0 bridgehead atoms. The summed E-state index contributed by atoms with van der Waals surface area (Å²) < 4.78 is 10.3. The molecule has 2 atom stereocenters. The molecule has 0 radical (unpaired) electrons. The van der Waals surface area contributed by atoms with Gasteiger partial charge in [0.05, 0.1) is 10.6 Å². The van der Waals surface area contributed by atoms with Crippen molar-refractivity contribution in [1.82, 2.24) is 0 Å². The lowest BCUT2D eigenvalue weighted by molar-refractivity contribution is -0.385. The molecule has 2 aliphatic rings. The summed E-state index contributed by atoms with van der Waals surface area (Å²) in [6.45, 7) is 1.79. The number of carbonyl (C=O) groups excluding carboxylic acids is 1. The Morgan fingerprint density at radius 3 is 2.58 bits per heavy atom. The Balaban J connectivity index is 1.94. The minimum absolute atomic E-state index is 0.0836. The Morgan fingerprint density at radius 2 is 2.00 bits per heavy atom. The summed E-state index contributed by atoms with van der Waals surface area (Å²) in [5.74, 6) is 0.225. The van der Waals surface area contributed by atoms with Crippen molar-refractivity contribution in [3.8, 4) is 0 Å². The number of cyclic esters (lactones) is 1. The number of nitrogens with zero attached hydrogens (tertiary/aromatic N) is 2. The number of carbonyl (C=O) groups is 1. The minimum Gasteiger partial charge on any atom is -0.417 e. The van der Waals surface area contributed by atoms with Crippen LogP contribution in [0.2, 0.25) is 0 Å². The average molecular weight is 334 g/mol. The first-order chi connectivity index (χ1) is 11.5. The van der Waals surface area contributed by atoms with Gasteiger partial charge in [-0.1, -0.05) is 19.3 Å². The van der Waals surface area contributed by atoms with E-state index < -0.39 is 12.4 Å². The van der Waals surface area contributed by atoms with Crippen LogP contribution in [0.3, 0.4) is 0 Å². The van der Waals surface area contributed by atoms with E-state index in [1.54, 1.807) is 19.1 Å². The molecule has 2 unspecified atom stereocenters. The normalized spacial score (nSPS) is 24.9. The predicted molar refractivity (Wildman–Crippen MR) is 88.1 cm³/mol. The van der Waals surface area contributed by atoms with Gasteiger partial charge < -0.3 is 9.47 Å². The fourth-order valence-electron chi connectivity index (χ4n) is 3.73. The molecule has 3 rings (SSSR count). The maximum atomic E-state index is 12.1. The zero-order valence-electron chi connectivity index (χ0n) is 13.9. The summed E-state index contributed by atoms with van der Waals surface area (Å²) in [5.41, 5.74) is 1.32. The average Bonchev–Trinajstić information content (AvgIpc) is 2.89. The van der Waals surface area contributed by atoms with Crippen molar-refractivity contribution in [3.63, 3.8) is 0 Å². The van der Waals surface area contributed by atoms with Crippen molar-refractivity contribution < 1.29 is 19.2 Å².